The van der Waals surface area contributed by atoms with Gasteiger partial charge in [0.15, 0.2) is 0 Å². The van der Waals surface area contributed by atoms with E-state index in [-0.39, 0.29) is 0 Å². The molecule has 0 fully saturated rings. The Kier molecular flexibility index (Phi) is 2.80. The Hall–Kier alpha value is -2.17. The van der Waals surface area contributed by atoms with Crippen LogP contribution in [0.2, 0.25) is 0 Å². The van der Waals surface area contributed by atoms with Gasteiger partial charge in [-0.2, -0.15) is 11.3 Å². The van der Waals surface area contributed by atoms with Crippen LogP contribution in [0.15, 0.2) is 47.3 Å². The molecule has 0 aliphatic carbocycles. The lowest BCUT2D eigenvalue weighted by molar-refractivity contribution is 0.200. The summed E-state index contributed by atoms with van der Waals surface area (Å²) in [5.74, 6) is 0. The van der Waals surface area contributed by atoms with Gasteiger partial charge in [-0.05, 0) is 24.4 Å². The van der Waals surface area contributed by atoms with Crippen LogP contribution >= 0.6 is 11.3 Å². The Morgan fingerprint density at radius 1 is 1.14 bits per heavy atom. The molecule has 4 aromatic rings. The number of para-hydroxylation sites is 1. The van der Waals surface area contributed by atoms with Crippen LogP contribution in [0.5, 0.6) is 0 Å². The summed E-state index contributed by atoms with van der Waals surface area (Å²) in [7, 11) is 0. The molecule has 3 nitrogen and oxygen atoms in total. The smallest absolute Gasteiger partial charge is 0.0955 e. The maximum absolute atomic E-state index is 9.94. The molecular weight excluding hydrogens is 280 g/mol. The van der Waals surface area contributed by atoms with E-state index >= 15 is 0 Å². The highest BCUT2D eigenvalue weighted by Crippen LogP contribution is 2.36. The summed E-state index contributed by atoms with van der Waals surface area (Å²) in [6, 6.07) is 10.3. The van der Waals surface area contributed by atoms with Crippen LogP contribution in [-0.4, -0.2) is 15.1 Å². The van der Waals surface area contributed by atoms with Gasteiger partial charge in [-0.3, -0.25) is 4.98 Å². The number of rotatable bonds is 2. The van der Waals surface area contributed by atoms with E-state index in [1.165, 1.54) is 10.8 Å². The average molecular weight is 294 g/mol. The van der Waals surface area contributed by atoms with Crippen molar-refractivity contribution in [2.45, 2.75) is 13.0 Å². The molecule has 1 unspecified atom stereocenters. The van der Waals surface area contributed by atoms with Crippen molar-refractivity contribution < 1.29 is 5.11 Å². The van der Waals surface area contributed by atoms with E-state index in [1.807, 2.05) is 29.8 Å². The summed E-state index contributed by atoms with van der Waals surface area (Å²) in [5.41, 5.74) is 4.97. The summed E-state index contributed by atoms with van der Waals surface area (Å²) in [6.45, 7) is 1.79. The van der Waals surface area contributed by atoms with E-state index in [0.717, 1.165) is 27.9 Å². The summed E-state index contributed by atoms with van der Waals surface area (Å²) in [4.78, 5) is 8.01. The largest absolute Gasteiger partial charge is 0.389 e. The topological polar surface area (TPSA) is 48.9 Å². The molecular formula is C17H14N2OS. The average Bonchev–Trinajstić information content (AvgIpc) is 3.11. The fourth-order valence-corrected chi connectivity index (χ4v) is 3.72. The lowest BCUT2D eigenvalue weighted by Crippen LogP contribution is -1.93. The first-order valence-electron chi connectivity index (χ1n) is 6.85. The molecule has 0 bridgehead atoms. The number of thiophene rings is 1. The standard InChI is InChI=1S/C17H14N2OS/c1-10(20)13-8-21-9-14(13)16-17-12(6-7-18-16)11-4-2-3-5-15(11)19-17/h2-10,19-20H,1H3. The zero-order valence-corrected chi connectivity index (χ0v) is 12.3. The summed E-state index contributed by atoms with van der Waals surface area (Å²) >= 11 is 1.59. The molecule has 3 heterocycles. The third-order valence-electron chi connectivity index (χ3n) is 3.82. The van der Waals surface area contributed by atoms with Gasteiger partial charge in [0.05, 0.1) is 17.3 Å². The lowest BCUT2D eigenvalue weighted by atomic mass is 10.0. The lowest BCUT2D eigenvalue weighted by Gasteiger charge is -2.07. The third kappa shape index (κ3) is 1.87. The number of aromatic nitrogens is 2. The van der Waals surface area contributed by atoms with Crippen molar-refractivity contribution in [3.8, 4) is 11.3 Å². The number of nitrogens with one attached hydrogen (secondary N) is 1. The predicted molar refractivity (Wildman–Crippen MR) is 87.5 cm³/mol. The van der Waals surface area contributed by atoms with Crippen molar-refractivity contribution >= 4 is 33.1 Å². The van der Waals surface area contributed by atoms with E-state index in [0.29, 0.717) is 0 Å². The Balaban J connectivity index is 2.07. The van der Waals surface area contributed by atoms with Crippen molar-refractivity contribution in [2.24, 2.45) is 0 Å². The van der Waals surface area contributed by atoms with Crippen LogP contribution in [0.1, 0.15) is 18.6 Å². The minimum atomic E-state index is -0.493. The second-order valence-corrected chi connectivity index (χ2v) is 5.91. The number of aliphatic hydroxyl groups is 1. The molecule has 0 amide bonds. The number of hydrogen-bond acceptors (Lipinski definition) is 3. The Labute approximate surface area is 125 Å². The quantitative estimate of drug-likeness (QED) is 0.572. The fraction of sp³-hybridized carbons (Fsp3) is 0.118. The van der Waals surface area contributed by atoms with Crippen molar-refractivity contribution in [2.75, 3.05) is 0 Å². The molecule has 3 aromatic heterocycles. The maximum atomic E-state index is 9.94. The first-order valence-corrected chi connectivity index (χ1v) is 7.80. The third-order valence-corrected chi connectivity index (χ3v) is 4.59. The molecule has 0 saturated carbocycles. The Bertz CT molecular complexity index is 936. The Morgan fingerprint density at radius 3 is 2.86 bits per heavy atom. The number of aromatic amines is 1. The Morgan fingerprint density at radius 2 is 2.00 bits per heavy atom. The van der Waals surface area contributed by atoms with Crippen molar-refractivity contribution in [1.29, 1.82) is 0 Å². The van der Waals surface area contributed by atoms with Crippen LogP contribution < -0.4 is 0 Å². The SMILES string of the molecule is CC(O)c1cscc1-c1nccc2c1[nH]c1ccccc12. The first-order chi connectivity index (χ1) is 10.3. The number of H-pyrrole nitrogens is 1. The molecule has 1 atom stereocenters. The molecule has 0 radical (unpaired) electrons. The minimum absolute atomic E-state index is 0.493. The molecule has 0 aliphatic heterocycles. The van der Waals surface area contributed by atoms with Gasteiger partial charge in [-0.1, -0.05) is 18.2 Å². The molecule has 2 N–H and O–H groups in total. The van der Waals surface area contributed by atoms with E-state index in [1.54, 1.807) is 18.3 Å². The normalized spacial score (nSPS) is 13.0. The van der Waals surface area contributed by atoms with Crippen LogP contribution in [0.3, 0.4) is 0 Å². The first kappa shape index (κ1) is 12.6. The predicted octanol–water partition coefficient (Wildman–Crippen LogP) is 4.50. The van der Waals surface area contributed by atoms with Crippen molar-refractivity contribution in [3.63, 3.8) is 0 Å². The molecule has 0 aliphatic rings. The van der Waals surface area contributed by atoms with Crippen molar-refractivity contribution in [3.05, 3.63) is 52.9 Å². The minimum Gasteiger partial charge on any atom is -0.389 e. The van der Waals surface area contributed by atoms with E-state index in [2.05, 4.69) is 27.5 Å². The summed E-state index contributed by atoms with van der Waals surface area (Å²) in [5, 5.41) is 16.3. The monoisotopic (exact) mass is 294 g/mol. The van der Waals surface area contributed by atoms with Gasteiger partial charge in [0, 0.05) is 39.0 Å². The number of benzene rings is 1. The van der Waals surface area contributed by atoms with Gasteiger partial charge in [0.25, 0.3) is 0 Å². The number of aliphatic hydroxyl groups excluding tert-OH is 1. The van der Waals surface area contributed by atoms with Gasteiger partial charge in [-0.15, -0.1) is 0 Å². The highest BCUT2D eigenvalue weighted by molar-refractivity contribution is 7.08. The molecule has 0 saturated heterocycles. The fourth-order valence-electron chi connectivity index (χ4n) is 2.80. The van der Waals surface area contributed by atoms with Crippen LogP contribution in [0.4, 0.5) is 0 Å². The number of hydrogen-bond donors (Lipinski definition) is 2. The number of fused-ring (bicyclic) bond motifs is 3. The maximum Gasteiger partial charge on any atom is 0.0955 e. The van der Waals surface area contributed by atoms with Crippen LogP contribution in [0, 0.1) is 0 Å². The van der Waals surface area contributed by atoms with Crippen LogP contribution in [0.25, 0.3) is 33.1 Å². The highest BCUT2D eigenvalue weighted by atomic mass is 32.1. The summed E-state index contributed by atoms with van der Waals surface area (Å²) < 4.78 is 0. The molecule has 21 heavy (non-hydrogen) atoms. The molecule has 4 heteroatoms. The van der Waals surface area contributed by atoms with Gasteiger partial charge >= 0.3 is 0 Å². The van der Waals surface area contributed by atoms with E-state index < -0.39 is 6.10 Å². The van der Waals surface area contributed by atoms with Gasteiger partial charge in [0.1, 0.15) is 0 Å². The summed E-state index contributed by atoms with van der Waals surface area (Å²) in [6.07, 6.45) is 1.34. The highest BCUT2D eigenvalue weighted by Gasteiger charge is 2.16. The zero-order valence-electron chi connectivity index (χ0n) is 11.5. The second kappa shape index (κ2) is 4.69. The zero-order chi connectivity index (χ0) is 14.4. The van der Waals surface area contributed by atoms with Gasteiger partial charge in [-0.25, -0.2) is 0 Å². The molecule has 104 valence electrons. The molecule has 1 aromatic carbocycles. The van der Waals surface area contributed by atoms with Crippen LogP contribution in [-0.2, 0) is 0 Å². The number of nitrogens with zero attached hydrogens (tertiary/aromatic N) is 1. The second-order valence-electron chi connectivity index (χ2n) is 5.17. The van der Waals surface area contributed by atoms with E-state index in [4.69, 9.17) is 0 Å². The number of pyridine rings is 1. The van der Waals surface area contributed by atoms with Gasteiger partial charge < -0.3 is 10.1 Å². The van der Waals surface area contributed by atoms with E-state index in [9.17, 15) is 5.11 Å². The molecule has 0 spiro atoms. The van der Waals surface area contributed by atoms with Gasteiger partial charge in [0.2, 0.25) is 0 Å². The molecule has 4 rings (SSSR count). The van der Waals surface area contributed by atoms with Crippen molar-refractivity contribution in [1.82, 2.24) is 9.97 Å².